The van der Waals surface area contributed by atoms with Gasteiger partial charge in [0.25, 0.3) is 0 Å². The predicted octanol–water partition coefficient (Wildman–Crippen LogP) is 5.96. The number of aryl methyl sites for hydroxylation is 1. The second kappa shape index (κ2) is 6.95. The number of rotatable bonds is 1. The van der Waals surface area contributed by atoms with Crippen molar-refractivity contribution in [2.24, 2.45) is 0 Å². The van der Waals surface area contributed by atoms with Crippen molar-refractivity contribution < 1.29 is 0 Å². The molecule has 0 amide bonds. The molecule has 2 aliphatic rings. The summed E-state index contributed by atoms with van der Waals surface area (Å²) in [6.45, 7) is 2.21. The van der Waals surface area contributed by atoms with E-state index in [9.17, 15) is 0 Å². The topological polar surface area (TPSA) is 16.1 Å². The fraction of sp³-hybridized carbons (Fsp3) is 0.0333. The molecule has 0 unspecified atom stereocenters. The van der Waals surface area contributed by atoms with Crippen molar-refractivity contribution in [1.29, 1.82) is 0 Å². The molecular weight excluding hydrogens is 399 g/mol. The van der Waals surface area contributed by atoms with E-state index in [4.69, 9.17) is 0 Å². The summed E-state index contributed by atoms with van der Waals surface area (Å²) in [5, 5.41) is 0. The molecule has 0 radical (unpaired) electrons. The molecule has 0 bridgehead atoms. The van der Waals surface area contributed by atoms with Crippen molar-refractivity contribution >= 4 is 29.1 Å². The normalized spacial score (nSPS) is 12.9. The first-order valence-corrected chi connectivity index (χ1v) is 11.4. The average molecular weight is 420 g/mol. The quantitative estimate of drug-likeness (QED) is 0.311. The first-order valence-electron chi connectivity index (χ1n) is 11.4. The van der Waals surface area contributed by atoms with Gasteiger partial charge >= 0.3 is 6.85 Å². The lowest BCUT2D eigenvalue weighted by Gasteiger charge is -2.43. The second-order valence-electron chi connectivity index (χ2n) is 8.88. The highest BCUT2D eigenvalue weighted by Gasteiger charge is 2.41. The Bertz CT molecular complexity index is 1560. The highest BCUT2D eigenvalue weighted by atomic mass is 15.1. The molecule has 0 atom stereocenters. The molecule has 154 valence electrons. The molecule has 0 saturated heterocycles. The minimum absolute atomic E-state index is 0.161. The monoisotopic (exact) mass is 420 g/mol. The van der Waals surface area contributed by atoms with Crippen molar-refractivity contribution in [2.75, 3.05) is 4.81 Å². The number of hydrogen-bond acceptors (Lipinski definition) is 2. The van der Waals surface area contributed by atoms with E-state index in [1.54, 1.807) is 0 Å². The number of para-hydroxylation sites is 1. The van der Waals surface area contributed by atoms with Crippen molar-refractivity contribution in [3.8, 4) is 33.4 Å². The van der Waals surface area contributed by atoms with E-state index in [-0.39, 0.29) is 6.85 Å². The second-order valence-corrected chi connectivity index (χ2v) is 8.88. The van der Waals surface area contributed by atoms with Gasteiger partial charge in [0, 0.05) is 34.4 Å². The van der Waals surface area contributed by atoms with Gasteiger partial charge in [0.05, 0.1) is 0 Å². The molecule has 4 aromatic carbocycles. The van der Waals surface area contributed by atoms with Crippen LogP contribution >= 0.6 is 0 Å². The van der Waals surface area contributed by atoms with E-state index in [0.717, 1.165) is 5.69 Å². The van der Waals surface area contributed by atoms with E-state index in [1.165, 1.54) is 55.7 Å². The zero-order chi connectivity index (χ0) is 21.9. The van der Waals surface area contributed by atoms with Gasteiger partial charge in [0.2, 0.25) is 0 Å². The zero-order valence-electron chi connectivity index (χ0n) is 18.4. The van der Waals surface area contributed by atoms with Gasteiger partial charge in [-0.3, -0.25) is 4.98 Å². The van der Waals surface area contributed by atoms with Crippen LogP contribution in [0, 0.1) is 6.92 Å². The third-order valence-corrected chi connectivity index (χ3v) is 7.00. The van der Waals surface area contributed by atoms with Gasteiger partial charge < -0.3 is 4.81 Å². The van der Waals surface area contributed by atoms with Gasteiger partial charge in [0.1, 0.15) is 0 Å². The van der Waals surface area contributed by atoms with Crippen molar-refractivity contribution in [2.45, 2.75) is 6.92 Å². The van der Waals surface area contributed by atoms with Crippen LogP contribution in [0.2, 0.25) is 0 Å². The van der Waals surface area contributed by atoms with Gasteiger partial charge in [-0.15, -0.1) is 0 Å². The summed E-state index contributed by atoms with van der Waals surface area (Å²) in [6, 6.07) is 37.7. The van der Waals surface area contributed by atoms with Crippen LogP contribution in [-0.2, 0) is 0 Å². The molecule has 0 aliphatic carbocycles. The van der Waals surface area contributed by atoms with Crippen LogP contribution in [-0.4, -0.2) is 11.8 Å². The van der Waals surface area contributed by atoms with Crippen LogP contribution in [0.1, 0.15) is 5.69 Å². The summed E-state index contributed by atoms with van der Waals surface area (Å²) in [5.41, 5.74) is 13.9. The number of fused-ring (bicyclic) bond motifs is 11. The van der Waals surface area contributed by atoms with E-state index >= 15 is 0 Å². The van der Waals surface area contributed by atoms with Crippen LogP contribution < -0.4 is 15.7 Å². The summed E-state index contributed by atoms with van der Waals surface area (Å²) in [5.74, 6) is 0. The molecule has 0 fully saturated rings. The maximum Gasteiger partial charge on any atom is 0.329 e. The van der Waals surface area contributed by atoms with Gasteiger partial charge in [-0.05, 0) is 70.4 Å². The Morgan fingerprint density at radius 1 is 0.576 bits per heavy atom. The van der Waals surface area contributed by atoms with Crippen LogP contribution in [0.25, 0.3) is 33.4 Å². The number of hydrogen-bond donors (Lipinski definition) is 0. The van der Waals surface area contributed by atoms with E-state index < -0.39 is 0 Å². The lowest BCUT2D eigenvalue weighted by atomic mass is 9.43. The molecule has 3 heteroatoms. The summed E-state index contributed by atoms with van der Waals surface area (Å²) in [4.78, 5) is 6.92. The van der Waals surface area contributed by atoms with E-state index in [0.29, 0.717) is 0 Å². The molecule has 2 aliphatic heterocycles. The SMILES string of the molecule is Cc1cc(-c2ccc3c(c2)-c2ccccc2B2c4ccccc4-c4ccccc4N23)ccn1. The van der Waals surface area contributed by atoms with Crippen LogP contribution in [0.3, 0.4) is 0 Å². The number of anilines is 2. The van der Waals surface area contributed by atoms with Crippen molar-refractivity contribution in [1.82, 2.24) is 4.98 Å². The molecule has 1 aromatic heterocycles. The van der Waals surface area contributed by atoms with Gasteiger partial charge in [-0.2, -0.15) is 0 Å². The van der Waals surface area contributed by atoms with Gasteiger partial charge in [-0.1, -0.05) is 72.8 Å². The molecular formula is C30H21BN2. The lowest BCUT2D eigenvalue weighted by Crippen LogP contribution is -2.59. The number of nitrogens with zero attached hydrogens (tertiary/aromatic N) is 2. The lowest BCUT2D eigenvalue weighted by molar-refractivity contribution is 1.20. The highest BCUT2D eigenvalue weighted by molar-refractivity contribution is 6.92. The summed E-state index contributed by atoms with van der Waals surface area (Å²) < 4.78 is 0. The standard InChI is InChI=1S/C30H21BN2/c1-20-18-22(16-17-32-20)21-14-15-30-26(19-21)24-9-3-6-12-28(24)31-27-11-5-2-8-23(27)25-10-4-7-13-29(25)33(30)31/h2-19H,1H3. The zero-order valence-corrected chi connectivity index (χ0v) is 18.4. The van der Waals surface area contributed by atoms with Crippen molar-refractivity contribution in [3.05, 3.63) is 115 Å². The first-order chi connectivity index (χ1) is 16.3. The Balaban J connectivity index is 1.53. The summed E-state index contributed by atoms with van der Waals surface area (Å²) >= 11 is 0. The predicted molar refractivity (Wildman–Crippen MR) is 139 cm³/mol. The minimum Gasteiger partial charge on any atom is -0.376 e. The smallest absolute Gasteiger partial charge is 0.329 e. The van der Waals surface area contributed by atoms with Crippen molar-refractivity contribution in [3.63, 3.8) is 0 Å². The summed E-state index contributed by atoms with van der Waals surface area (Å²) in [7, 11) is 0. The molecule has 0 saturated carbocycles. The molecule has 0 N–H and O–H groups in total. The molecule has 2 nitrogen and oxygen atoms in total. The maximum absolute atomic E-state index is 4.38. The largest absolute Gasteiger partial charge is 0.376 e. The molecule has 7 rings (SSSR count). The Morgan fingerprint density at radius 2 is 1.18 bits per heavy atom. The summed E-state index contributed by atoms with van der Waals surface area (Å²) in [6.07, 6.45) is 1.89. The number of pyridine rings is 1. The number of benzene rings is 4. The number of aromatic nitrogens is 1. The highest BCUT2D eigenvalue weighted by Crippen LogP contribution is 2.46. The molecule has 0 spiro atoms. The molecule has 33 heavy (non-hydrogen) atoms. The van der Waals surface area contributed by atoms with Gasteiger partial charge in [-0.25, -0.2) is 0 Å². The van der Waals surface area contributed by atoms with Crippen LogP contribution in [0.4, 0.5) is 11.4 Å². The van der Waals surface area contributed by atoms with E-state index in [2.05, 4.69) is 113 Å². The minimum atomic E-state index is 0.161. The molecule has 3 heterocycles. The fourth-order valence-corrected chi connectivity index (χ4v) is 5.59. The Kier molecular flexibility index (Phi) is 3.89. The Morgan fingerprint density at radius 3 is 1.94 bits per heavy atom. The van der Waals surface area contributed by atoms with E-state index in [1.807, 2.05) is 13.1 Å². The Hall–Kier alpha value is -4.11. The maximum atomic E-state index is 4.38. The molecule has 5 aromatic rings. The Labute approximate surface area is 194 Å². The van der Waals surface area contributed by atoms with Gasteiger partial charge in [0.15, 0.2) is 0 Å². The van der Waals surface area contributed by atoms with Crippen LogP contribution in [0.15, 0.2) is 109 Å². The van der Waals surface area contributed by atoms with Crippen LogP contribution in [0.5, 0.6) is 0 Å². The first kappa shape index (κ1) is 18.5. The average Bonchev–Trinajstić information content (AvgIpc) is 2.88. The fourth-order valence-electron chi connectivity index (χ4n) is 5.59. The third kappa shape index (κ3) is 2.66. The third-order valence-electron chi connectivity index (χ3n) is 7.00.